The van der Waals surface area contributed by atoms with Crippen LogP contribution in [0, 0.1) is 12.7 Å². The van der Waals surface area contributed by atoms with Gasteiger partial charge >= 0.3 is 0 Å². The maximum absolute atomic E-state index is 13.0. The van der Waals surface area contributed by atoms with Crippen molar-refractivity contribution in [3.8, 4) is 0 Å². The largest absolute Gasteiger partial charge is 0.384 e. The van der Waals surface area contributed by atoms with Gasteiger partial charge in [-0.2, -0.15) is 0 Å². The van der Waals surface area contributed by atoms with E-state index in [0.717, 1.165) is 20.1 Å². The molecule has 2 aromatic rings. The summed E-state index contributed by atoms with van der Waals surface area (Å²) in [7, 11) is 0. The van der Waals surface area contributed by atoms with E-state index in [-0.39, 0.29) is 5.82 Å². The second kappa shape index (κ2) is 5.51. The number of halogens is 3. The average molecular weight is 374 g/mol. The number of hydrogen-bond donors (Lipinski definition) is 1. The molecule has 0 amide bonds. The van der Waals surface area contributed by atoms with Gasteiger partial charge in [-0.05, 0) is 47.9 Å². The summed E-state index contributed by atoms with van der Waals surface area (Å²) in [6.07, 6.45) is -0.770. The summed E-state index contributed by atoms with van der Waals surface area (Å²) in [5.41, 5.74) is 2.20. The van der Waals surface area contributed by atoms with Crippen molar-refractivity contribution in [1.29, 1.82) is 0 Å². The lowest BCUT2D eigenvalue weighted by atomic mass is 9.97. The zero-order chi connectivity index (χ0) is 13.3. The zero-order valence-corrected chi connectivity index (χ0v) is 12.8. The van der Waals surface area contributed by atoms with E-state index < -0.39 is 6.10 Å². The first-order valence-corrected chi connectivity index (χ1v) is 6.96. The van der Waals surface area contributed by atoms with Crippen LogP contribution in [-0.2, 0) is 0 Å². The van der Waals surface area contributed by atoms with Crippen molar-refractivity contribution in [2.24, 2.45) is 0 Å². The number of hydrogen-bond acceptors (Lipinski definition) is 1. The van der Waals surface area contributed by atoms with Crippen molar-refractivity contribution in [3.05, 3.63) is 67.9 Å². The fraction of sp³-hybridized carbons (Fsp3) is 0.143. The van der Waals surface area contributed by atoms with Crippen LogP contribution in [0.2, 0.25) is 0 Å². The van der Waals surface area contributed by atoms with Crippen LogP contribution in [0.15, 0.2) is 45.3 Å². The highest BCUT2D eigenvalue weighted by Gasteiger charge is 2.16. The molecule has 0 radical (unpaired) electrons. The molecular formula is C14H11Br2FO. The predicted molar refractivity (Wildman–Crippen MR) is 77.0 cm³/mol. The van der Waals surface area contributed by atoms with Gasteiger partial charge in [-0.25, -0.2) is 4.39 Å². The average Bonchev–Trinajstić information content (AvgIpc) is 2.28. The molecule has 18 heavy (non-hydrogen) atoms. The quantitative estimate of drug-likeness (QED) is 0.805. The third-order valence-corrected chi connectivity index (χ3v) is 3.96. The van der Waals surface area contributed by atoms with E-state index in [1.165, 1.54) is 12.1 Å². The highest BCUT2D eigenvalue weighted by Crippen LogP contribution is 2.32. The summed E-state index contributed by atoms with van der Waals surface area (Å²) >= 11 is 6.78. The Morgan fingerprint density at radius 1 is 1.06 bits per heavy atom. The van der Waals surface area contributed by atoms with Crippen molar-refractivity contribution >= 4 is 31.9 Å². The maximum atomic E-state index is 13.0. The number of aliphatic hydroxyl groups is 1. The molecule has 0 aromatic heterocycles. The molecule has 1 unspecified atom stereocenters. The summed E-state index contributed by atoms with van der Waals surface area (Å²) in [5.74, 6) is -0.293. The van der Waals surface area contributed by atoms with E-state index in [1.54, 1.807) is 13.0 Å². The number of rotatable bonds is 2. The maximum Gasteiger partial charge on any atom is 0.123 e. The first kappa shape index (κ1) is 13.7. The second-order valence-corrected chi connectivity index (χ2v) is 5.84. The van der Waals surface area contributed by atoms with Gasteiger partial charge in [0.2, 0.25) is 0 Å². The molecule has 0 aliphatic rings. The standard InChI is InChI=1S/C14H11Br2FO/c1-8-6-10(17)3-5-11(8)14(18)12-4-2-9(15)7-13(12)16/h2-7,14,18H,1H3. The van der Waals surface area contributed by atoms with Gasteiger partial charge in [-0.1, -0.05) is 44.0 Å². The third-order valence-electron chi connectivity index (χ3n) is 2.78. The smallest absolute Gasteiger partial charge is 0.123 e. The molecule has 0 fully saturated rings. The Hall–Kier alpha value is -0.710. The molecule has 2 aromatic carbocycles. The van der Waals surface area contributed by atoms with Crippen molar-refractivity contribution < 1.29 is 9.50 Å². The van der Waals surface area contributed by atoms with Crippen LogP contribution in [0.4, 0.5) is 4.39 Å². The molecule has 2 rings (SSSR count). The fourth-order valence-electron chi connectivity index (χ4n) is 1.84. The van der Waals surface area contributed by atoms with Gasteiger partial charge < -0.3 is 5.11 Å². The zero-order valence-electron chi connectivity index (χ0n) is 9.62. The Morgan fingerprint density at radius 2 is 1.72 bits per heavy atom. The lowest BCUT2D eigenvalue weighted by molar-refractivity contribution is 0.218. The molecule has 1 nitrogen and oxygen atoms in total. The minimum atomic E-state index is -0.770. The number of aryl methyl sites for hydroxylation is 1. The summed E-state index contributed by atoms with van der Waals surface area (Å²) < 4.78 is 14.8. The van der Waals surface area contributed by atoms with Crippen LogP contribution < -0.4 is 0 Å². The van der Waals surface area contributed by atoms with Crippen molar-refractivity contribution in [2.75, 3.05) is 0 Å². The van der Waals surface area contributed by atoms with Gasteiger partial charge in [0.05, 0.1) is 0 Å². The fourth-order valence-corrected chi connectivity index (χ4v) is 3.10. The van der Waals surface area contributed by atoms with Gasteiger partial charge in [0.25, 0.3) is 0 Å². The van der Waals surface area contributed by atoms with Crippen LogP contribution in [0.3, 0.4) is 0 Å². The molecule has 1 N–H and O–H groups in total. The van der Waals surface area contributed by atoms with Crippen LogP contribution in [0.25, 0.3) is 0 Å². The molecule has 0 aliphatic carbocycles. The monoisotopic (exact) mass is 372 g/mol. The Bertz CT molecular complexity index is 533. The molecule has 0 aliphatic heterocycles. The summed E-state index contributed by atoms with van der Waals surface area (Å²) in [4.78, 5) is 0. The van der Waals surface area contributed by atoms with Crippen LogP contribution >= 0.6 is 31.9 Å². The molecule has 4 heteroatoms. The van der Waals surface area contributed by atoms with Gasteiger partial charge in [0.1, 0.15) is 11.9 Å². The molecule has 0 spiro atoms. The summed E-state index contributed by atoms with van der Waals surface area (Å²) in [5, 5.41) is 10.4. The van der Waals surface area contributed by atoms with Crippen LogP contribution in [0.1, 0.15) is 22.8 Å². The molecule has 0 bridgehead atoms. The first-order chi connectivity index (χ1) is 8.49. The van der Waals surface area contributed by atoms with E-state index in [4.69, 9.17) is 0 Å². The Balaban J connectivity index is 2.44. The SMILES string of the molecule is Cc1cc(F)ccc1C(O)c1ccc(Br)cc1Br. The van der Waals surface area contributed by atoms with E-state index in [1.807, 2.05) is 18.2 Å². The third kappa shape index (κ3) is 2.82. The normalized spacial score (nSPS) is 12.5. The van der Waals surface area contributed by atoms with E-state index in [9.17, 15) is 9.50 Å². The predicted octanol–water partition coefficient (Wildman–Crippen LogP) is 4.74. The summed E-state index contributed by atoms with van der Waals surface area (Å²) in [6.45, 7) is 1.79. The topological polar surface area (TPSA) is 20.2 Å². The highest BCUT2D eigenvalue weighted by molar-refractivity contribution is 9.11. The van der Waals surface area contributed by atoms with Crippen LogP contribution in [-0.4, -0.2) is 5.11 Å². The molecule has 0 saturated heterocycles. The van der Waals surface area contributed by atoms with Gasteiger partial charge in [-0.15, -0.1) is 0 Å². The second-order valence-electron chi connectivity index (χ2n) is 4.07. The molecule has 1 atom stereocenters. The van der Waals surface area contributed by atoms with Crippen molar-refractivity contribution in [3.63, 3.8) is 0 Å². The lowest BCUT2D eigenvalue weighted by Crippen LogP contribution is -2.03. The summed E-state index contributed by atoms with van der Waals surface area (Å²) in [6, 6.07) is 9.97. The lowest BCUT2D eigenvalue weighted by Gasteiger charge is -2.16. The molecule has 0 saturated carbocycles. The van der Waals surface area contributed by atoms with Crippen LogP contribution in [0.5, 0.6) is 0 Å². The van der Waals surface area contributed by atoms with Gasteiger partial charge in [0.15, 0.2) is 0 Å². The van der Waals surface area contributed by atoms with E-state index in [0.29, 0.717) is 5.56 Å². The van der Waals surface area contributed by atoms with Gasteiger partial charge in [0, 0.05) is 8.95 Å². The molecule has 0 heterocycles. The first-order valence-electron chi connectivity index (χ1n) is 5.38. The Morgan fingerprint density at radius 3 is 2.33 bits per heavy atom. The molecule has 94 valence electrons. The minimum Gasteiger partial charge on any atom is -0.384 e. The van der Waals surface area contributed by atoms with E-state index in [2.05, 4.69) is 31.9 Å². The van der Waals surface area contributed by atoms with Crippen molar-refractivity contribution in [1.82, 2.24) is 0 Å². The van der Waals surface area contributed by atoms with Crippen molar-refractivity contribution in [2.45, 2.75) is 13.0 Å². The number of aliphatic hydroxyl groups excluding tert-OH is 1. The Kier molecular flexibility index (Phi) is 4.20. The van der Waals surface area contributed by atoms with Gasteiger partial charge in [-0.3, -0.25) is 0 Å². The molecular weight excluding hydrogens is 363 g/mol. The number of benzene rings is 2. The Labute approximate surface area is 122 Å². The highest BCUT2D eigenvalue weighted by atomic mass is 79.9. The minimum absolute atomic E-state index is 0.293. The van der Waals surface area contributed by atoms with E-state index >= 15 is 0 Å².